The van der Waals surface area contributed by atoms with Gasteiger partial charge < -0.3 is 71.0 Å². The van der Waals surface area contributed by atoms with Gasteiger partial charge in [0.2, 0.25) is 29.5 Å². The van der Waals surface area contributed by atoms with E-state index in [0.717, 1.165) is 36.2 Å². The summed E-state index contributed by atoms with van der Waals surface area (Å²) in [6.07, 6.45) is 1.18. The molecule has 0 aliphatic rings. The maximum Gasteiger partial charge on any atom is 0.407 e. The topological polar surface area (TPSA) is 376 Å². The Morgan fingerprint density at radius 1 is 0.753 bits per heavy atom. The molecule has 9 N–H and O–H groups in total. The Hall–Kier alpha value is -8.13. The number of carboxylic acids is 1. The zero-order chi connectivity index (χ0) is 59.1. The van der Waals surface area contributed by atoms with Gasteiger partial charge in [0, 0.05) is 62.5 Å². The molecule has 0 saturated carbocycles. The smallest absolute Gasteiger partial charge is 0.407 e. The van der Waals surface area contributed by atoms with Crippen LogP contribution in [0.5, 0.6) is 5.88 Å². The molecule has 0 saturated heterocycles. The van der Waals surface area contributed by atoms with Crippen LogP contribution in [0.15, 0.2) is 53.6 Å². The van der Waals surface area contributed by atoms with Crippen molar-refractivity contribution in [2.45, 2.75) is 137 Å². The van der Waals surface area contributed by atoms with Gasteiger partial charge in [-0.25, -0.2) is 9.78 Å². The number of nitrogens with two attached hydrogens (primary N) is 1. The molecule has 2 aromatic heterocycles. The number of aliphatic carboxylic acids is 1. The second-order valence-electron chi connectivity index (χ2n) is 19.4. The van der Waals surface area contributed by atoms with E-state index in [1.54, 1.807) is 38.1 Å². The lowest BCUT2D eigenvalue weighted by Gasteiger charge is -2.26. The normalized spacial score (nSPS) is 12.2. The number of nitrogens with zero attached hydrogens (tertiary/aromatic N) is 7. The van der Waals surface area contributed by atoms with Crippen LogP contribution < -0.4 is 42.4 Å². The van der Waals surface area contributed by atoms with Crippen LogP contribution in [0.2, 0.25) is 0 Å². The molecule has 442 valence electrons. The molecule has 6 amide bonds. The molecule has 27 heteroatoms. The van der Waals surface area contributed by atoms with Crippen molar-refractivity contribution in [3.05, 3.63) is 81.5 Å². The van der Waals surface area contributed by atoms with Crippen LogP contribution in [0.1, 0.15) is 109 Å². The molecule has 0 fully saturated rings. The first-order valence-corrected chi connectivity index (χ1v) is 27.1. The van der Waals surface area contributed by atoms with E-state index < -0.39 is 66.2 Å². The predicted octanol–water partition coefficient (Wildman–Crippen LogP) is 4.59. The van der Waals surface area contributed by atoms with Gasteiger partial charge in [-0.15, -0.1) is 10.2 Å². The van der Waals surface area contributed by atoms with Crippen molar-refractivity contribution in [3.8, 4) is 5.88 Å². The number of alkyl carbamates (subject to hydrolysis) is 1. The van der Waals surface area contributed by atoms with Gasteiger partial charge in [-0.1, -0.05) is 68.7 Å². The summed E-state index contributed by atoms with van der Waals surface area (Å²) in [6.45, 7) is 13.7. The Kier molecular flexibility index (Phi) is 28.6. The lowest BCUT2D eigenvalue weighted by Crippen LogP contribution is -2.57. The maximum atomic E-state index is 13.5. The monoisotopic (exact) mass is 1130 g/mol. The van der Waals surface area contributed by atoms with E-state index in [-0.39, 0.29) is 76.4 Å². The Morgan fingerprint density at radius 3 is 2.06 bits per heavy atom. The van der Waals surface area contributed by atoms with Crippen molar-refractivity contribution < 1.29 is 62.4 Å². The number of azide groups is 1. The summed E-state index contributed by atoms with van der Waals surface area (Å²) in [6, 6.07) is 10.8. The molecule has 0 radical (unpaired) electrons. The van der Waals surface area contributed by atoms with Crippen molar-refractivity contribution in [2.24, 2.45) is 11.0 Å². The Labute approximate surface area is 470 Å². The fraction of sp³-hybridized carbons (Fsp3) is 0.556. The number of anilines is 2. The SMILES string of the molecule is CCCCc1nc2c(N)nnc(OC(C)C)c2n1Cc1ccc(CNC(=O)OCc2ccc(NC(=O)[C@H](C)NC(=O)[C@@H](NC(=O)C(CCC(=O)O)NC(=O)CCCC(=O)NCCOCCOCCOCCN=[N+]=[N-])C(C)C)cc2)cc1. The summed E-state index contributed by atoms with van der Waals surface area (Å²) in [5.41, 5.74) is 18.6. The van der Waals surface area contributed by atoms with E-state index in [0.29, 0.717) is 67.7 Å². The number of aryl methyl sites for hydroxylation is 1. The first-order chi connectivity index (χ1) is 38.9. The number of fused-ring (bicyclic) bond motifs is 1. The number of carbonyl (C=O) groups excluding carboxylic acids is 6. The third-order valence-electron chi connectivity index (χ3n) is 12.1. The van der Waals surface area contributed by atoms with Gasteiger partial charge in [-0.2, -0.15) is 0 Å². The van der Waals surface area contributed by atoms with Gasteiger partial charge in [0.15, 0.2) is 5.82 Å². The molecule has 0 aliphatic heterocycles. The van der Waals surface area contributed by atoms with E-state index in [4.69, 9.17) is 39.9 Å². The van der Waals surface area contributed by atoms with Crippen LogP contribution in [0, 0.1) is 5.92 Å². The molecule has 27 nitrogen and oxygen atoms in total. The van der Waals surface area contributed by atoms with Crippen molar-refractivity contribution in [1.82, 2.24) is 46.3 Å². The molecule has 4 aromatic rings. The van der Waals surface area contributed by atoms with Crippen LogP contribution in [-0.2, 0) is 73.8 Å². The van der Waals surface area contributed by atoms with Gasteiger partial charge in [0.25, 0.3) is 5.88 Å². The van der Waals surface area contributed by atoms with Gasteiger partial charge in [-0.3, -0.25) is 28.8 Å². The number of ether oxygens (including phenoxy) is 5. The summed E-state index contributed by atoms with van der Waals surface area (Å²) < 4.78 is 29.5. The maximum absolute atomic E-state index is 13.5. The fourth-order valence-electron chi connectivity index (χ4n) is 7.75. The number of hydrogen-bond donors (Lipinski definition) is 8. The summed E-state index contributed by atoms with van der Waals surface area (Å²) in [4.78, 5) is 96.9. The van der Waals surface area contributed by atoms with E-state index in [9.17, 15) is 38.7 Å². The highest BCUT2D eigenvalue weighted by atomic mass is 16.6. The first-order valence-electron chi connectivity index (χ1n) is 27.1. The van der Waals surface area contributed by atoms with E-state index in [1.807, 2.05) is 38.1 Å². The minimum absolute atomic E-state index is 0.00290. The molecule has 81 heavy (non-hydrogen) atoms. The third-order valence-corrected chi connectivity index (χ3v) is 12.1. The largest absolute Gasteiger partial charge is 0.481 e. The molecule has 3 atom stereocenters. The number of carbonyl (C=O) groups is 7. The quantitative estimate of drug-likeness (QED) is 0.0132. The number of rotatable bonds is 38. The Bertz CT molecular complexity index is 2720. The molecule has 0 aliphatic carbocycles. The highest BCUT2D eigenvalue weighted by Crippen LogP contribution is 2.30. The molecule has 4 rings (SSSR count). The molecule has 2 heterocycles. The molecular weight excluding hydrogens is 1050 g/mol. The second kappa shape index (κ2) is 35.5. The van der Waals surface area contributed by atoms with Gasteiger partial charge in [0.1, 0.15) is 41.6 Å². The minimum atomic E-state index is -1.31. The molecule has 2 aromatic carbocycles. The van der Waals surface area contributed by atoms with Crippen molar-refractivity contribution in [1.29, 1.82) is 0 Å². The second-order valence-corrected chi connectivity index (χ2v) is 19.4. The summed E-state index contributed by atoms with van der Waals surface area (Å²) >= 11 is 0. The van der Waals surface area contributed by atoms with Crippen LogP contribution in [0.4, 0.5) is 16.3 Å². The van der Waals surface area contributed by atoms with E-state index in [2.05, 4.69) is 63.6 Å². The number of nitrogen functional groups attached to an aromatic ring is 1. The standard InChI is InChI=1S/C54H78N14O13/c1-7-8-10-42-63-47-48(53(81-35(4)5)66-65-49(47)55)68(42)32-38-15-13-37(14-16-38)31-58-54(76)80-33-39-17-19-40(20-18-39)61-50(73)36(6)60-52(75)46(34(2)3)64-51(74)41(21-22-45(71)72)62-44(70)12-9-11-43(69)57-23-25-77-27-29-79-30-28-78-26-24-59-67-56/h13-20,34-36,41,46H,7-12,21-33H2,1-6H3,(H2,55,65)(H,57,69)(H,58,76)(H,60,75)(H,61,73)(H,62,70)(H,64,74)(H,71,72)/t36-,41?,46-/m0/s1. The number of hydrogen-bond acceptors (Lipinski definition) is 17. The Balaban J connectivity index is 1.17. The highest BCUT2D eigenvalue weighted by Gasteiger charge is 2.31. The fourth-order valence-corrected chi connectivity index (χ4v) is 7.75. The van der Waals surface area contributed by atoms with E-state index >= 15 is 0 Å². The van der Waals surface area contributed by atoms with Gasteiger partial charge >= 0.3 is 12.1 Å². The first kappa shape index (κ1) is 65.4. The van der Waals surface area contributed by atoms with E-state index in [1.165, 1.54) is 6.92 Å². The number of benzene rings is 2. The number of amides is 6. The number of nitrogens with one attached hydrogen (secondary N) is 6. The van der Waals surface area contributed by atoms with Gasteiger partial charge in [0.05, 0.1) is 45.7 Å². The number of carboxylic acid groups (broad SMARTS) is 1. The van der Waals surface area contributed by atoms with Crippen molar-refractivity contribution >= 4 is 64.1 Å². The summed E-state index contributed by atoms with van der Waals surface area (Å²) in [7, 11) is 0. The van der Waals surface area contributed by atoms with Crippen molar-refractivity contribution in [2.75, 3.05) is 63.8 Å². The Morgan fingerprint density at radius 2 is 1.41 bits per heavy atom. The number of unbranched alkanes of at least 4 members (excludes halogenated alkanes) is 1. The van der Waals surface area contributed by atoms with Crippen LogP contribution in [0.3, 0.4) is 0 Å². The lowest BCUT2D eigenvalue weighted by molar-refractivity contribution is -0.138. The summed E-state index contributed by atoms with van der Waals surface area (Å²) in [5, 5.41) is 36.9. The minimum Gasteiger partial charge on any atom is -0.481 e. The predicted molar refractivity (Wildman–Crippen MR) is 298 cm³/mol. The molecular formula is C54H78N14O13. The van der Waals surface area contributed by atoms with Gasteiger partial charge in [-0.05, 0) is 80.3 Å². The zero-order valence-electron chi connectivity index (χ0n) is 47.0. The summed E-state index contributed by atoms with van der Waals surface area (Å²) in [5.74, 6) is -3.21. The third kappa shape index (κ3) is 24.0. The number of imidazole rings is 1. The van der Waals surface area contributed by atoms with Crippen LogP contribution >= 0.6 is 0 Å². The lowest BCUT2D eigenvalue weighted by atomic mass is 10.0. The zero-order valence-corrected chi connectivity index (χ0v) is 47.0. The van der Waals surface area contributed by atoms with Crippen LogP contribution in [-0.4, -0.2) is 143 Å². The number of aromatic nitrogens is 4. The molecule has 0 bridgehead atoms. The van der Waals surface area contributed by atoms with Crippen LogP contribution in [0.25, 0.3) is 21.5 Å². The molecule has 0 spiro atoms. The molecule has 1 unspecified atom stereocenters. The highest BCUT2D eigenvalue weighted by molar-refractivity contribution is 5.99. The van der Waals surface area contributed by atoms with Crippen molar-refractivity contribution in [3.63, 3.8) is 0 Å². The average Bonchev–Trinajstić information content (AvgIpc) is 4.08. The average molecular weight is 1130 g/mol.